The van der Waals surface area contributed by atoms with Gasteiger partial charge in [-0.3, -0.25) is 4.79 Å². The van der Waals surface area contributed by atoms with Gasteiger partial charge in [-0.1, -0.05) is 28.5 Å². The zero-order valence-electron chi connectivity index (χ0n) is 17.5. The van der Waals surface area contributed by atoms with Crippen molar-refractivity contribution in [2.75, 3.05) is 13.7 Å². The first-order chi connectivity index (χ1) is 14.4. The van der Waals surface area contributed by atoms with Gasteiger partial charge in [0.15, 0.2) is 5.82 Å². The molecule has 6 nitrogen and oxygen atoms in total. The molecule has 0 aliphatic rings. The number of methoxy groups -OCH3 is 1. The smallest absolute Gasteiger partial charge is 0.251 e. The molecule has 0 atom stereocenters. The second-order valence-electron chi connectivity index (χ2n) is 7.35. The molecule has 0 aliphatic carbocycles. The second-order valence-corrected chi connectivity index (χ2v) is 8.41. The molecule has 4 rings (SSSR count). The van der Waals surface area contributed by atoms with E-state index >= 15 is 0 Å². The van der Waals surface area contributed by atoms with E-state index in [1.165, 1.54) is 4.88 Å². The highest BCUT2D eigenvalue weighted by molar-refractivity contribution is 7.17. The van der Waals surface area contributed by atoms with Crippen LogP contribution in [0, 0.1) is 20.8 Å². The van der Waals surface area contributed by atoms with Gasteiger partial charge < -0.3 is 10.1 Å². The zero-order valence-corrected chi connectivity index (χ0v) is 18.3. The monoisotopic (exact) mass is 420 g/mol. The molecular formula is C23H24N4O2S. The largest absolute Gasteiger partial charge is 0.497 e. The van der Waals surface area contributed by atoms with Crippen LogP contribution in [0.25, 0.3) is 16.3 Å². The molecule has 2 heterocycles. The first kappa shape index (κ1) is 20.1. The molecule has 2 aromatic carbocycles. The lowest BCUT2D eigenvalue weighted by Crippen LogP contribution is -2.25. The molecule has 4 aromatic rings. The van der Waals surface area contributed by atoms with Gasteiger partial charge in [0, 0.05) is 29.0 Å². The third kappa shape index (κ3) is 4.07. The molecule has 30 heavy (non-hydrogen) atoms. The summed E-state index contributed by atoms with van der Waals surface area (Å²) in [5, 5.41) is 7.68. The van der Waals surface area contributed by atoms with Crippen LogP contribution < -0.4 is 10.1 Å². The number of hydrogen-bond donors (Lipinski definition) is 1. The Bertz CT molecular complexity index is 1190. The number of thiazole rings is 1. The fourth-order valence-electron chi connectivity index (χ4n) is 3.48. The normalized spacial score (nSPS) is 11.1. The van der Waals surface area contributed by atoms with Crippen LogP contribution in [0.4, 0.5) is 0 Å². The van der Waals surface area contributed by atoms with Gasteiger partial charge in [0.2, 0.25) is 4.96 Å². The van der Waals surface area contributed by atoms with Crippen molar-refractivity contribution in [3.05, 3.63) is 69.7 Å². The molecule has 0 unspecified atom stereocenters. The molecule has 2 aromatic heterocycles. The van der Waals surface area contributed by atoms with Crippen LogP contribution in [0.2, 0.25) is 0 Å². The number of ether oxygens (including phenoxy) is 1. The van der Waals surface area contributed by atoms with Crippen molar-refractivity contribution >= 4 is 22.2 Å². The van der Waals surface area contributed by atoms with Gasteiger partial charge in [-0.25, -0.2) is 4.52 Å². The van der Waals surface area contributed by atoms with E-state index in [-0.39, 0.29) is 5.91 Å². The number of nitrogens with one attached hydrogen (secondary N) is 1. The van der Waals surface area contributed by atoms with Crippen LogP contribution in [0.3, 0.4) is 0 Å². The van der Waals surface area contributed by atoms with Crippen LogP contribution in [-0.4, -0.2) is 34.2 Å². The number of carbonyl (C=O) groups excluding carboxylic acids is 1. The SMILES string of the molecule is COc1ccc(-c2nc3sc(CCNC(=O)c4cc(C)cc(C)c4)c(C)n3n2)cc1. The van der Waals surface area contributed by atoms with Gasteiger partial charge in [-0.05, 0) is 57.2 Å². The lowest BCUT2D eigenvalue weighted by atomic mass is 10.1. The molecule has 7 heteroatoms. The number of rotatable bonds is 6. The molecule has 0 bridgehead atoms. The summed E-state index contributed by atoms with van der Waals surface area (Å²) in [4.78, 5) is 19.1. The molecule has 0 spiro atoms. The van der Waals surface area contributed by atoms with Crippen molar-refractivity contribution in [3.63, 3.8) is 0 Å². The third-order valence-electron chi connectivity index (χ3n) is 4.98. The number of amides is 1. The van der Waals surface area contributed by atoms with Gasteiger partial charge in [-0.2, -0.15) is 4.98 Å². The highest BCUT2D eigenvalue weighted by Gasteiger charge is 2.15. The van der Waals surface area contributed by atoms with E-state index < -0.39 is 0 Å². The van der Waals surface area contributed by atoms with Gasteiger partial charge in [-0.15, -0.1) is 5.10 Å². The fraction of sp³-hybridized carbons (Fsp3) is 0.261. The van der Waals surface area contributed by atoms with Crippen LogP contribution >= 0.6 is 11.3 Å². The third-order valence-corrected chi connectivity index (χ3v) is 6.18. The Balaban J connectivity index is 1.44. The molecule has 0 saturated heterocycles. The number of carbonyl (C=O) groups is 1. The van der Waals surface area contributed by atoms with E-state index in [2.05, 4.69) is 21.5 Å². The van der Waals surface area contributed by atoms with Crippen LogP contribution in [-0.2, 0) is 6.42 Å². The van der Waals surface area contributed by atoms with E-state index in [9.17, 15) is 4.79 Å². The Morgan fingerprint density at radius 2 is 1.80 bits per heavy atom. The number of fused-ring (bicyclic) bond motifs is 1. The van der Waals surface area contributed by atoms with Gasteiger partial charge in [0.05, 0.1) is 12.8 Å². The lowest BCUT2D eigenvalue weighted by molar-refractivity contribution is 0.0954. The van der Waals surface area contributed by atoms with E-state index in [1.807, 2.05) is 61.7 Å². The average Bonchev–Trinajstić information content (AvgIpc) is 3.27. The number of hydrogen-bond acceptors (Lipinski definition) is 5. The molecule has 0 saturated carbocycles. The molecule has 1 N–H and O–H groups in total. The molecular weight excluding hydrogens is 396 g/mol. The summed E-state index contributed by atoms with van der Waals surface area (Å²) >= 11 is 1.61. The predicted molar refractivity (Wildman–Crippen MR) is 120 cm³/mol. The minimum absolute atomic E-state index is 0.0410. The van der Waals surface area contributed by atoms with Crippen molar-refractivity contribution in [2.45, 2.75) is 27.2 Å². The van der Waals surface area contributed by atoms with Crippen LogP contribution in [0.15, 0.2) is 42.5 Å². The van der Waals surface area contributed by atoms with Gasteiger partial charge >= 0.3 is 0 Å². The fourth-order valence-corrected chi connectivity index (χ4v) is 4.53. The quantitative estimate of drug-likeness (QED) is 0.503. The van der Waals surface area contributed by atoms with Gasteiger partial charge in [0.25, 0.3) is 5.91 Å². The number of aromatic nitrogens is 3. The summed E-state index contributed by atoms with van der Waals surface area (Å²) < 4.78 is 7.08. The zero-order chi connectivity index (χ0) is 21.3. The Morgan fingerprint density at radius 3 is 2.43 bits per heavy atom. The van der Waals surface area contributed by atoms with Crippen LogP contribution in [0.5, 0.6) is 5.75 Å². The molecule has 154 valence electrons. The topological polar surface area (TPSA) is 68.5 Å². The average molecular weight is 421 g/mol. The number of benzene rings is 2. The molecule has 1 amide bonds. The maximum Gasteiger partial charge on any atom is 0.251 e. The Kier molecular flexibility index (Phi) is 5.55. The van der Waals surface area contributed by atoms with Crippen molar-refractivity contribution in [1.29, 1.82) is 0 Å². The minimum atomic E-state index is -0.0410. The van der Waals surface area contributed by atoms with E-state index in [1.54, 1.807) is 18.4 Å². The van der Waals surface area contributed by atoms with Crippen molar-refractivity contribution in [2.24, 2.45) is 0 Å². The highest BCUT2D eigenvalue weighted by atomic mass is 32.1. The standard InChI is InChI=1S/C23H24N4O2S/c1-14-11-15(2)13-18(12-14)22(28)24-10-9-20-16(3)27-23(30-20)25-21(26-27)17-5-7-19(29-4)8-6-17/h5-8,11-13H,9-10H2,1-4H3,(H,24,28). The van der Waals surface area contributed by atoms with Crippen molar-refractivity contribution in [1.82, 2.24) is 19.9 Å². The van der Waals surface area contributed by atoms with E-state index in [0.29, 0.717) is 17.9 Å². The first-order valence-corrected chi connectivity index (χ1v) is 10.6. The number of nitrogens with zero attached hydrogens (tertiary/aromatic N) is 3. The minimum Gasteiger partial charge on any atom is -0.497 e. The Labute approximate surface area is 179 Å². The second kappa shape index (κ2) is 8.28. The van der Waals surface area contributed by atoms with Crippen molar-refractivity contribution < 1.29 is 9.53 Å². The predicted octanol–water partition coefficient (Wildman–Crippen LogP) is 4.36. The summed E-state index contributed by atoms with van der Waals surface area (Å²) in [6, 6.07) is 13.6. The molecule has 0 fully saturated rings. The van der Waals surface area contributed by atoms with E-state index in [4.69, 9.17) is 4.74 Å². The molecule has 0 aliphatic heterocycles. The lowest BCUT2D eigenvalue weighted by Gasteiger charge is -2.07. The van der Waals surface area contributed by atoms with Crippen molar-refractivity contribution in [3.8, 4) is 17.1 Å². The maximum absolute atomic E-state index is 12.4. The van der Waals surface area contributed by atoms with Gasteiger partial charge in [0.1, 0.15) is 5.75 Å². The Morgan fingerprint density at radius 1 is 1.10 bits per heavy atom. The first-order valence-electron chi connectivity index (χ1n) is 9.80. The van der Waals surface area contributed by atoms with Crippen LogP contribution in [0.1, 0.15) is 32.1 Å². The summed E-state index contributed by atoms with van der Waals surface area (Å²) in [5.41, 5.74) is 4.90. The summed E-state index contributed by atoms with van der Waals surface area (Å²) in [6.45, 7) is 6.61. The Hall–Kier alpha value is -3.19. The summed E-state index contributed by atoms with van der Waals surface area (Å²) in [6.07, 6.45) is 0.746. The highest BCUT2D eigenvalue weighted by Crippen LogP contribution is 2.26. The van der Waals surface area contributed by atoms with E-state index in [0.717, 1.165) is 39.5 Å². The maximum atomic E-state index is 12.4. The summed E-state index contributed by atoms with van der Waals surface area (Å²) in [5.74, 6) is 1.46. The molecule has 0 radical (unpaired) electrons. The number of aryl methyl sites for hydroxylation is 3. The summed E-state index contributed by atoms with van der Waals surface area (Å²) in [7, 11) is 1.65.